The van der Waals surface area contributed by atoms with Crippen LogP contribution in [0, 0.1) is 0 Å². The summed E-state index contributed by atoms with van der Waals surface area (Å²) in [5.41, 5.74) is 3.99. The van der Waals surface area contributed by atoms with Crippen LogP contribution in [0.4, 0.5) is 11.5 Å². The van der Waals surface area contributed by atoms with E-state index >= 15 is 0 Å². The summed E-state index contributed by atoms with van der Waals surface area (Å²) in [5, 5.41) is 13.9. The molecule has 0 saturated carbocycles. The highest BCUT2D eigenvalue weighted by atomic mass is 16.2. The predicted molar refractivity (Wildman–Crippen MR) is 147 cm³/mol. The lowest BCUT2D eigenvalue weighted by atomic mass is 10.0. The Labute approximate surface area is 216 Å². The lowest BCUT2D eigenvalue weighted by Gasteiger charge is -2.34. The van der Waals surface area contributed by atoms with Crippen LogP contribution in [0.1, 0.15) is 45.7 Å². The van der Waals surface area contributed by atoms with Crippen molar-refractivity contribution in [2.75, 3.05) is 43.4 Å². The molecule has 5 rings (SSSR count). The minimum absolute atomic E-state index is 0.0817. The van der Waals surface area contributed by atoms with Gasteiger partial charge in [-0.05, 0) is 61.5 Å². The summed E-state index contributed by atoms with van der Waals surface area (Å²) in [6.07, 6.45) is 0.776. The zero-order valence-corrected chi connectivity index (χ0v) is 21.2. The van der Waals surface area contributed by atoms with Crippen molar-refractivity contribution in [3.05, 3.63) is 89.5 Å². The van der Waals surface area contributed by atoms with Crippen LogP contribution in [0.3, 0.4) is 0 Å². The molecule has 2 heterocycles. The molecule has 1 fully saturated rings. The van der Waals surface area contributed by atoms with Crippen molar-refractivity contribution in [2.45, 2.75) is 19.4 Å². The second kappa shape index (κ2) is 10.8. The van der Waals surface area contributed by atoms with E-state index in [9.17, 15) is 9.59 Å². The third kappa shape index (κ3) is 5.49. The molecule has 4 aromatic rings. The lowest BCUT2D eigenvalue weighted by molar-refractivity contribution is 0.0935. The van der Waals surface area contributed by atoms with Crippen LogP contribution in [-0.4, -0.2) is 60.1 Å². The van der Waals surface area contributed by atoms with Gasteiger partial charge in [-0.3, -0.25) is 14.7 Å². The number of aromatic nitrogens is 2. The number of likely N-dealkylation sites (N-methyl/N-ethyl adjacent to an activating group) is 1. The van der Waals surface area contributed by atoms with E-state index in [-0.39, 0.29) is 17.9 Å². The fourth-order valence-electron chi connectivity index (χ4n) is 4.67. The molecule has 1 aromatic heterocycles. The van der Waals surface area contributed by atoms with Crippen LogP contribution in [0.15, 0.2) is 72.8 Å². The number of carbonyl (C=O) groups is 2. The van der Waals surface area contributed by atoms with Gasteiger partial charge in [0.2, 0.25) is 0 Å². The Bertz CT molecular complexity index is 1370. The van der Waals surface area contributed by atoms with E-state index in [1.54, 1.807) is 18.2 Å². The molecule has 3 N–H and O–H groups in total. The van der Waals surface area contributed by atoms with Crippen molar-refractivity contribution in [1.29, 1.82) is 0 Å². The van der Waals surface area contributed by atoms with Crippen LogP contribution < -0.4 is 15.5 Å². The van der Waals surface area contributed by atoms with Crippen LogP contribution in [0.25, 0.3) is 10.9 Å². The number of rotatable bonds is 7. The lowest BCUT2D eigenvalue weighted by Crippen LogP contribution is -2.44. The van der Waals surface area contributed by atoms with Gasteiger partial charge in [-0.15, -0.1) is 0 Å². The fourth-order valence-corrected chi connectivity index (χ4v) is 4.67. The highest BCUT2D eigenvalue weighted by Crippen LogP contribution is 2.24. The van der Waals surface area contributed by atoms with Gasteiger partial charge in [-0.25, -0.2) is 0 Å². The predicted octanol–water partition coefficient (Wildman–Crippen LogP) is 4.45. The number of anilines is 2. The summed E-state index contributed by atoms with van der Waals surface area (Å²) < 4.78 is 0. The van der Waals surface area contributed by atoms with Crippen molar-refractivity contribution < 1.29 is 9.59 Å². The number of H-pyrrole nitrogens is 1. The third-order valence-electron chi connectivity index (χ3n) is 6.97. The number of hydrogen-bond acceptors (Lipinski definition) is 5. The maximum Gasteiger partial charge on any atom is 0.256 e. The number of hydrogen-bond donors (Lipinski definition) is 3. The molecule has 190 valence electrons. The second-order valence-electron chi connectivity index (χ2n) is 9.47. The first kappa shape index (κ1) is 24.5. The fraction of sp³-hybridized carbons (Fsp3) is 0.276. The molecule has 1 saturated heterocycles. The third-order valence-corrected chi connectivity index (χ3v) is 6.97. The normalized spacial score (nSPS) is 14.9. The molecule has 37 heavy (non-hydrogen) atoms. The molecule has 0 radical (unpaired) electrons. The first-order valence-electron chi connectivity index (χ1n) is 12.7. The summed E-state index contributed by atoms with van der Waals surface area (Å²) in [6, 6.07) is 22.8. The monoisotopic (exact) mass is 496 g/mol. The molecule has 0 bridgehead atoms. The number of fused-ring (bicyclic) bond motifs is 1. The Hall–Kier alpha value is -4.17. The number of carbonyl (C=O) groups excluding carboxylic acids is 2. The van der Waals surface area contributed by atoms with Gasteiger partial charge in [0.15, 0.2) is 5.82 Å². The van der Waals surface area contributed by atoms with Crippen molar-refractivity contribution >= 4 is 34.2 Å². The maximum atomic E-state index is 13.1. The van der Waals surface area contributed by atoms with E-state index < -0.39 is 0 Å². The Morgan fingerprint density at radius 1 is 0.919 bits per heavy atom. The van der Waals surface area contributed by atoms with Crippen molar-refractivity contribution in [2.24, 2.45) is 0 Å². The van der Waals surface area contributed by atoms with Crippen molar-refractivity contribution in [3.63, 3.8) is 0 Å². The van der Waals surface area contributed by atoms with Crippen molar-refractivity contribution in [3.8, 4) is 0 Å². The van der Waals surface area contributed by atoms with E-state index in [1.807, 2.05) is 61.5 Å². The average Bonchev–Trinajstić information content (AvgIpc) is 3.34. The van der Waals surface area contributed by atoms with Gasteiger partial charge in [0, 0.05) is 48.4 Å². The Morgan fingerprint density at radius 3 is 2.32 bits per heavy atom. The zero-order chi connectivity index (χ0) is 25.8. The first-order chi connectivity index (χ1) is 18.0. The summed E-state index contributed by atoms with van der Waals surface area (Å²) in [5.74, 6) is -0.0215. The van der Waals surface area contributed by atoms with Gasteiger partial charge >= 0.3 is 0 Å². The maximum absolute atomic E-state index is 13.1. The molecule has 0 aliphatic carbocycles. The van der Waals surface area contributed by atoms with Crippen LogP contribution in [0.2, 0.25) is 0 Å². The van der Waals surface area contributed by atoms with E-state index in [1.165, 1.54) is 0 Å². The van der Waals surface area contributed by atoms with Gasteiger partial charge in [0.25, 0.3) is 11.8 Å². The highest BCUT2D eigenvalue weighted by Gasteiger charge is 2.18. The van der Waals surface area contributed by atoms with E-state index in [4.69, 9.17) is 0 Å². The van der Waals surface area contributed by atoms with Gasteiger partial charge in [-0.2, -0.15) is 5.10 Å². The quantitative estimate of drug-likeness (QED) is 0.352. The molecule has 3 aromatic carbocycles. The molecule has 2 amide bonds. The molecule has 8 nitrogen and oxygen atoms in total. The van der Waals surface area contributed by atoms with Gasteiger partial charge < -0.3 is 20.4 Å². The van der Waals surface area contributed by atoms with E-state index in [2.05, 4.69) is 37.7 Å². The molecule has 0 spiro atoms. The SMILES string of the molecule is CC[C@@H](NC(=O)c1ccc2[nH]nc(NC(=O)c3ccc(N4CCN(C)CC4)cc3)c2c1)c1ccccc1. The van der Waals surface area contributed by atoms with Gasteiger partial charge in [-0.1, -0.05) is 37.3 Å². The number of nitrogens with one attached hydrogen (secondary N) is 3. The molecule has 1 aliphatic heterocycles. The topological polar surface area (TPSA) is 93.4 Å². The highest BCUT2D eigenvalue weighted by molar-refractivity contribution is 6.09. The van der Waals surface area contributed by atoms with Gasteiger partial charge in [0.05, 0.1) is 11.6 Å². The summed E-state index contributed by atoms with van der Waals surface area (Å²) in [6.45, 7) is 6.05. The average molecular weight is 497 g/mol. The zero-order valence-electron chi connectivity index (χ0n) is 21.2. The molecule has 1 aliphatic rings. The minimum Gasteiger partial charge on any atom is -0.369 e. The van der Waals surface area contributed by atoms with E-state index in [0.717, 1.165) is 49.4 Å². The molecule has 8 heteroatoms. The van der Waals surface area contributed by atoms with E-state index in [0.29, 0.717) is 22.3 Å². The Morgan fingerprint density at radius 2 is 1.62 bits per heavy atom. The van der Waals surface area contributed by atoms with Crippen molar-refractivity contribution in [1.82, 2.24) is 20.4 Å². The summed E-state index contributed by atoms with van der Waals surface area (Å²) in [7, 11) is 2.13. The largest absolute Gasteiger partial charge is 0.369 e. The molecular formula is C29H32N6O2. The standard InChI is InChI=1S/C29H32N6O2/c1-3-25(20-7-5-4-6-8-20)30-29(37)22-11-14-26-24(19-22)27(33-32-26)31-28(36)21-9-12-23(13-10-21)35-17-15-34(2)16-18-35/h4-14,19,25H,3,15-18H2,1-2H3,(H,30,37)(H2,31,32,33,36)/t25-/m1/s1. The first-order valence-corrected chi connectivity index (χ1v) is 12.7. The number of benzene rings is 3. The smallest absolute Gasteiger partial charge is 0.256 e. The van der Waals surface area contributed by atoms with Gasteiger partial charge in [0.1, 0.15) is 0 Å². The summed E-state index contributed by atoms with van der Waals surface area (Å²) in [4.78, 5) is 30.7. The number of aromatic amines is 1. The van der Waals surface area contributed by atoms with Crippen LogP contribution >= 0.6 is 0 Å². The Balaban J connectivity index is 1.29. The molecule has 1 atom stereocenters. The van der Waals surface area contributed by atoms with Crippen LogP contribution in [0.5, 0.6) is 0 Å². The number of piperazine rings is 1. The molecular weight excluding hydrogens is 464 g/mol. The Kier molecular flexibility index (Phi) is 7.18. The minimum atomic E-state index is -0.247. The molecule has 0 unspecified atom stereocenters. The second-order valence-corrected chi connectivity index (χ2v) is 9.47. The van der Waals surface area contributed by atoms with Crippen LogP contribution in [-0.2, 0) is 0 Å². The number of nitrogens with zero attached hydrogens (tertiary/aromatic N) is 3. The number of amides is 2. The summed E-state index contributed by atoms with van der Waals surface area (Å²) >= 11 is 0.